The van der Waals surface area contributed by atoms with E-state index in [4.69, 9.17) is 21.7 Å². The van der Waals surface area contributed by atoms with Crippen molar-refractivity contribution in [1.82, 2.24) is 0 Å². The van der Waals surface area contributed by atoms with Gasteiger partial charge in [-0.15, -0.1) is 0 Å². The van der Waals surface area contributed by atoms with E-state index < -0.39 is 16.4 Å². The number of anilines is 3. The fourth-order valence-electron chi connectivity index (χ4n) is 2.54. The molecule has 30 heavy (non-hydrogen) atoms. The number of hydrogen-bond donors (Lipinski definition) is 4. The first-order valence-corrected chi connectivity index (χ1v) is 10.9. The second kappa shape index (κ2) is 9.53. The van der Waals surface area contributed by atoms with Crippen LogP contribution in [0.4, 0.5) is 17.1 Å². The molecule has 0 atom stereocenters. The van der Waals surface area contributed by atoms with Crippen LogP contribution in [0.3, 0.4) is 0 Å². The predicted octanol–water partition coefficient (Wildman–Crippen LogP) is 3.11. The molecule has 156 valence electrons. The molecule has 8 nitrogen and oxygen atoms in total. The Labute approximate surface area is 178 Å². The molecule has 3 rings (SSSR count). The highest BCUT2D eigenvalue weighted by Gasteiger charge is 2.14. The number of benzene rings is 2. The van der Waals surface area contributed by atoms with E-state index in [0.717, 1.165) is 0 Å². The largest absolute Gasteiger partial charge is 0.459 e. The summed E-state index contributed by atoms with van der Waals surface area (Å²) in [6, 6.07) is 16.2. The van der Waals surface area contributed by atoms with Crippen LogP contribution in [0, 0.1) is 0 Å². The van der Waals surface area contributed by atoms with Gasteiger partial charge in [0.1, 0.15) is 0 Å². The summed E-state index contributed by atoms with van der Waals surface area (Å²) in [6.45, 7) is -0.447. The molecule has 3 aromatic rings. The second-order valence-electron chi connectivity index (χ2n) is 6.16. The first kappa shape index (κ1) is 21.5. The molecular weight excluding hydrogens is 426 g/mol. The Morgan fingerprint density at radius 2 is 1.60 bits per heavy atom. The van der Waals surface area contributed by atoms with Crippen LogP contribution >= 0.6 is 12.2 Å². The maximum absolute atomic E-state index is 12.1. The molecule has 0 aliphatic heterocycles. The molecule has 1 heterocycles. The van der Waals surface area contributed by atoms with E-state index in [2.05, 4.69) is 16.0 Å². The maximum Gasteiger partial charge on any atom is 0.291 e. The van der Waals surface area contributed by atoms with Crippen LogP contribution in [0.1, 0.15) is 10.6 Å². The number of aliphatic hydroxyl groups excluding tert-OH is 1. The standard InChI is InChI=1S/C20H19N3O5S2/c24-10-12-30(26,27)17-4-1-3-16(13-17)23-20(29)22-15-8-6-14(7-9-15)21-19(25)18-5-2-11-28-18/h1-9,11,13,24H,10,12H2,(H,21,25)(H2,22,23,29). The first-order chi connectivity index (χ1) is 14.4. The molecule has 10 heteroatoms. The maximum atomic E-state index is 12.1. The van der Waals surface area contributed by atoms with E-state index in [1.165, 1.54) is 18.4 Å². The molecule has 0 saturated carbocycles. The van der Waals surface area contributed by atoms with E-state index >= 15 is 0 Å². The predicted molar refractivity (Wildman–Crippen MR) is 119 cm³/mol. The van der Waals surface area contributed by atoms with Crippen molar-refractivity contribution < 1.29 is 22.7 Å². The summed E-state index contributed by atoms with van der Waals surface area (Å²) in [5.74, 6) is -0.484. The van der Waals surface area contributed by atoms with Crippen LogP contribution in [0.15, 0.2) is 76.2 Å². The number of carbonyl (C=O) groups excluding carboxylic acids is 1. The molecular formula is C20H19N3O5S2. The molecule has 0 radical (unpaired) electrons. The smallest absolute Gasteiger partial charge is 0.291 e. The lowest BCUT2D eigenvalue weighted by Gasteiger charge is -2.12. The van der Waals surface area contributed by atoms with Gasteiger partial charge < -0.3 is 25.5 Å². The summed E-state index contributed by atoms with van der Waals surface area (Å²) in [7, 11) is -3.55. The molecule has 4 N–H and O–H groups in total. The van der Waals surface area contributed by atoms with Gasteiger partial charge in [0.25, 0.3) is 5.91 Å². The minimum absolute atomic E-state index is 0.0981. The Hall–Kier alpha value is -3.21. The van der Waals surface area contributed by atoms with E-state index in [-0.39, 0.29) is 27.4 Å². The van der Waals surface area contributed by atoms with Crippen LogP contribution in [-0.4, -0.2) is 36.9 Å². The Morgan fingerprint density at radius 1 is 0.933 bits per heavy atom. The summed E-state index contributed by atoms with van der Waals surface area (Å²) in [4.78, 5) is 12.1. The number of amides is 1. The van der Waals surface area contributed by atoms with Crippen molar-refractivity contribution in [2.75, 3.05) is 28.3 Å². The third kappa shape index (κ3) is 5.66. The van der Waals surface area contributed by atoms with E-state index in [0.29, 0.717) is 17.1 Å². The number of aliphatic hydroxyl groups is 1. The topological polar surface area (TPSA) is 121 Å². The van der Waals surface area contributed by atoms with Crippen molar-refractivity contribution >= 4 is 50.1 Å². The van der Waals surface area contributed by atoms with E-state index in [1.807, 2.05) is 0 Å². The number of carbonyl (C=O) groups is 1. The summed E-state index contributed by atoms with van der Waals surface area (Å²) in [5, 5.41) is 17.8. The van der Waals surface area contributed by atoms with Gasteiger partial charge in [0.05, 0.1) is 23.5 Å². The van der Waals surface area contributed by atoms with Gasteiger partial charge in [0.2, 0.25) is 0 Å². The van der Waals surface area contributed by atoms with Gasteiger partial charge in [0.15, 0.2) is 20.7 Å². The molecule has 0 saturated heterocycles. The number of thiocarbonyl (C=S) groups is 1. The number of hydrogen-bond acceptors (Lipinski definition) is 6. The number of furan rings is 1. The molecule has 2 aromatic carbocycles. The average Bonchev–Trinajstić information content (AvgIpc) is 3.25. The number of rotatable bonds is 7. The number of nitrogens with one attached hydrogen (secondary N) is 3. The average molecular weight is 446 g/mol. The quantitative estimate of drug-likeness (QED) is 0.410. The van der Waals surface area contributed by atoms with Crippen molar-refractivity contribution in [2.45, 2.75) is 4.90 Å². The zero-order valence-corrected chi connectivity index (χ0v) is 17.3. The third-order valence-corrected chi connectivity index (χ3v) is 5.85. The zero-order chi connectivity index (χ0) is 21.6. The van der Waals surface area contributed by atoms with Gasteiger partial charge in [-0.25, -0.2) is 8.42 Å². The second-order valence-corrected chi connectivity index (χ2v) is 8.68. The summed E-state index contributed by atoms with van der Waals surface area (Å²) in [5.41, 5.74) is 1.75. The van der Waals surface area contributed by atoms with Crippen molar-refractivity contribution in [3.8, 4) is 0 Å². The molecule has 1 amide bonds. The van der Waals surface area contributed by atoms with Gasteiger partial charge in [-0.05, 0) is 66.8 Å². The van der Waals surface area contributed by atoms with Crippen molar-refractivity contribution in [3.05, 3.63) is 72.7 Å². The SMILES string of the molecule is O=C(Nc1ccc(NC(=S)Nc2cccc(S(=O)(=O)CCO)c2)cc1)c1ccco1. The van der Waals surface area contributed by atoms with E-state index in [9.17, 15) is 13.2 Å². The normalized spacial score (nSPS) is 11.0. The van der Waals surface area contributed by atoms with Gasteiger partial charge in [-0.2, -0.15) is 0 Å². The van der Waals surface area contributed by atoms with Crippen LogP contribution in [0.25, 0.3) is 0 Å². The Balaban J connectivity index is 1.59. The minimum Gasteiger partial charge on any atom is -0.459 e. The van der Waals surface area contributed by atoms with Gasteiger partial charge in [-0.3, -0.25) is 4.79 Å². The van der Waals surface area contributed by atoms with Crippen LogP contribution in [0.5, 0.6) is 0 Å². The molecule has 0 fully saturated rings. The number of sulfone groups is 1. The molecule has 0 bridgehead atoms. The van der Waals surface area contributed by atoms with Crippen LogP contribution in [-0.2, 0) is 9.84 Å². The molecule has 0 spiro atoms. The van der Waals surface area contributed by atoms with Crippen LogP contribution < -0.4 is 16.0 Å². The molecule has 0 unspecified atom stereocenters. The summed E-state index contributed by atoms with van der Waals surface area (Å²) < 4.78 is 29.2. The first-order valence-electron chi connectivity index (χ1n) is 8.84. The van der Waals surface area contributed by atoms with Crippen LogP contribution in [0.2, 0.25) is 0 Å². The lowest BCUT2D eigenvalue weighted by molar-refractivity contribution is 0.0996. The zero-order valence-electron chi connectivity index (χ0n) is 15.7. The van der Waals surface area contributed by atoms with E-state index in [1.54, 1.807) is 48.5 Å². The summed E-state index contributed by atoms with van der Waals surface area (Å²) in [6.07, 6.45) is 1.42. The molecule has 0 aliphatic rings. The van der Waals surface area contributed by atoms with Gasteiger partial charge >= 0.3 is 0 Å². The van der Waals surface area contributed by atoms with Crippen molar-refractivity contribution in [2.24, 2.45) is 0 Å². The third-order valence-electron chi connectivity index (χ3n) is 3.96. The Kier molecular flexibility index (Phi) is 6.83. The fraction of sp³-hybridized carbons (Fsp3) is 0.100. The van der Waals surface area contributed by atoms with Crippen molar-refractivity contribution in [1.29, 1.82) is 0 Å². The minimum atomic E-state index is -3.55. The fourth-order valence-corrected chi connectivity index (χ4v) is 3.84. The van der Waals surface area contributed by atoms with Crippen molar-refractivity contribution in [3.63, 3.8) is 0 Å². The lowest BCUT2D eigenvalue weighted by atomic mass is 10.2. The highest BCUT2D eigenvalue weighted by molar-refractivity contribution is 7.91. The highest BCUT2D eigenvalue weighted by Crippen LogP contribution is 2.18. The Morgan fingerprint density at radius 3 is 2.23 bits per heavy atom. The van der Waals surface area contributed by atoms with Gasteiger partial charge in [-0.1, -0.05) is 6.07 Å². The summed E-state index contributed by atoms with van der Waals surface area (Å²) >= 11 is 5.27. The lowest BCUT2D eigenvalue weighted by Crippen LogP contribution is -2.19. The molecule has 1 aromatic heterocycles. The highest BCUT2D eigenvalue weighted by atomic mass is 32.2. The van der Waals surface area contributed by atoms with Gasteiger partial charge in [0, 0.05) is 17.1 Å². The Bertz CT molecular complexity index is 1130. The molecule has 0 aliphatic carbocycles. The monoisotopic (exact) mass is 445 g/mol.